The summed E-state index contributed by atoms with van der Waals surface area (Å²) in [5.41, 5.74) is 1.60. The van der Waals surface area contributed by atoms with Crippen molar-refractivity contribution in [2.75, 3.05) is 26.8 Å². The Morgan fingerprint density at radius 1 is 1.43 bits per heavy atom. The van der Waals surface area contributed by atoms with Gasteiger partial charge in [0, 0.05) is 13.7 Å². The number of nitrogens with one attached hydrogen (secondary N) is 2. The van der Waals surface area contributed by atoms with Crippen LogP contribution in [0.1, 0.15) is 24.0 Å². The predicted octanol–water partition coefficient (Wildman–Crippen LogP) is 1.18. The van der Waals surface area contributed by atoms with Crippen molar-refractivity contribution in [1.29, 1.82) is 0 Å². The maximum atomic E-state index is 12.2. The van der Waals surface area contributed by atoms with Gasteiger partial charge in [0.1, 0.15) is 0 Å². The first-order chi connectivity index (χ1) is 9.95. The lowest BCUT2D eigenvalue weighted by Crippen LogP contribution is -2.53. The molecule has 0 bridgehead atoms. The Kier molecular flexibility index (Phi) is 5.37. The van der Waals surface area contributed by atoms with E-state index < -0.39 is 10.0 Å². The van der Waals surface area contributed by atoms with Gasteiger partial charge in [-0.3, -0.25) is 0 Å². The van der Waals surface area contributed by atoms with Gasteiger partial charge >= 0.3 is 0 Å². The molecule has 0 saturated carbocycles. The van der Waals surface area contributed by atoms with Gasteiger partial charge in [0.25, 0.3) is 0 Å². The van der Waals surface area contributed by atoms with Gasteiger partial charge in [0.15, 0.2) is 0 Å². The van der Waals surface area contributed by atoms with Crippen LogP contribution in [0.2, 0.25) is 0 Å². The Balaban J connectivity index is 1.97. The Morgan fingerprint density at radius 2 is 2.24 bits per heavy atom. The largest absolute Gasteiger partial charge is 0.383 e. The van der Waals surface area contributed by atoms with Crippen molar-refractivity contribution in [3.05, 3.63) is 35.4 Å². The van der Waals surface area contributed by atoms with Gasteiger partial charge in [-0.15, -0.1) is 0 Å². The molecule has 21 heavy (non-hydrogen) atoms. The van der Waals surface area contributed by atoms with Crippen molar-refractivity contribution in [3.8, 4) is 0 Å². The number of hydrogen-bond acceptors (Lipinski definition) is 4. The van der Waals surface area contributed by atoms with Gasteiger partial charge in [0.05, 0.1) is 17.9 Å². The van der Waals surface area contributed by atoms with Crippen molar-refractivity contribution >= 4 is 10.0 Å². The minimum absolute atomic E-state index is 0.0116. The molecule has 0 aromatic heterocycles. The van der Waals surface area contributed by atoms with E-state index in [1.54, 1.807) is 7.11 Å². The van der Waals surface area contributed by atoms with E-state index in [1.807, 2.05) is 31.2 Å². The SMILES string of the molecule is COCC1(CNS(=O)(=O)Cc2cccc(C)c2)CCCN1. The van der Waals surface area contributed by atoms with Crippen LogP contribution in [0.5, 0.6) is 0 Å². The highest BCUT2D eigenvalue weighted by atomic mass is 32.2. The normalized spacial score (nSPS) is 22.6. The van der Waals surface area contributed by atoms with Gasteiger partial charge < -0.3 is 10.1 Å². The molecule has 1 atom stereocenters. The number of rotatable bonds is 7. The second-order valence-corrected chi connectivity index (χ2v) is 7.62. The zero-order valence-electron chi connectivity index (χ0n) is 12.7. The fraction of sp³-hybridized carbons (Fsp3) is 0.600. The Labute approximate surface area is 127 Å². The molecule has 1 unspecified atom stereocenters. The third kappa shape index (κ3) is 4.78. The number of methoxy groups -OCH3 is 1. The van der Waals surface area contributed by atoms with E-state index in [2.05, 4.69) is 10.0 Å². The lowest BCUT2D eigenvalue weighted by Gasteiger charge is -2.28. The number of hydrogen-bond donors (Lipinski definition) is 2. The fourth-order valence-corrected chi connectivity index (χ4v) is 4.01. The van der Waals surface area contributed by atoms with Crippen molar-refractivity contribution in [2.24, 2.45) is 0 Å². The molecule has 1 aromatic rings. The molecular weight excluding hydrogens is 288 g/mol. The lowest BCUT2D eigenvalue weighted by molar-refractivity contribution is 0.122. The first-order valence-electron chi connectivity index (χ1n) is 7.22. The highest BCUT2D eigenvalue weighted by Gasteiger charge is 2.34. The second-order valence-electron chi connectivity index (χ2n) is 5.81. The van der Waals surface area contributed by atoms with Crippen LogP contribution in [-0.4, -0.2) is 40.8 Å². The van der Waals surface area contributed by atoms with E-state index >= 15 is 0 Å². The molecular formula is C15H24N2O3S. The lowest BCUT2D eigenvalue weighted by atomic mass is 9.99. The van der Waals surface area contributed by atoms with E-state index in [-0.39, 0.29) is 11.3 Å². The van der Waals surface area contributed by atoms with Crippen LogP contribution in [0, 0.1) is 6.92 Å². The summed E-state index contributed by atoms with van der Waals surface area (Å²) in [6.07, 6.45) is 1.97. The minimum Gasteiger partial charge on any atom is -0.383 e. The third-order valence-corrected chi connectivity index (χ3v) is 5.12. The summed E-state index contributed by atoms with van der Waals surface area (Å²) < 4.78 is 32.4. The topological polar surface area (TPSA) is 67.4 Å². The summed E-state index contributed by atoms with van der Waals surface area (Å²) in [5, 5.41) is 3.36. The number of benzene rings is 1. The highest BCUT2D eigenvalue weighted by Crippen LogP contribution is 2.19. The second kappa shape index (κ2) is 6.87. The van der Waals surface area contributed by atoms with Gasteiger partial charge in [0.2, 0.25) is 10.0 Å². The zero-order chi connectivity index (χ0) is 15.3. The highest BCUT2D eigenvalue weighted by molar-refractivity contribution is 7.88. The molecule has 0 spiro atoms. The monoisotopic (exact) mass is 312 g/mol. The molecule has 1 heterocycles. The van der Waals surface area contributed by atoms with Crippen molar-refractivity contribution in [1.82, 2.24) is 10.0 Å². The van der Waals surface area contributed by atoms with Gasteiger partial charge in [-0.1, -0.05) is 29.8 Å². The summed E-state index contributed by atoms with van der Waals surface area (Å²) in [6.45, 7) is 3.75. The van der Waals surface area contributed by atoms with E-state index in [4.69, 9.17) is 4.74 Å². The summed E-state index contributed by atoms with van der Waals surface area (Å²) >= 11 is 0. The summed E-state index contributed by atoms with van der Waals surface area (Å²) in [4.78, 5) is 0. The Morgan fingerprint density at radius 3 is 2.86 bits per heavy atom. The quantitative estimate of drug-likeness (QED) is 0.793. The summed E-state index contributed by atoms with van der Waals surface area (Å²) in [7, 11) is -1.70. The van der Waals surface area contributed by atoms with E-state index in [9.17, 15) is 8.42 Å². The van der Waals surface area contributed by atoms with E-state index in [1.165, 1.54) is 0 Å². The van der Waals surface area contributed by atoms with Crippen LogP contribution in [0.3, 0.4) is 0 Å². The zero-order valence-corrected chi connectivity index (χ0v) is 13.5. The molecule has 1 aliphatic heterocycles. The van der Waals surface area contributed by atoms with Crippen LogP contribution in [-0.2, 0) is 20.5 Å². The van der Waals surface area contributed by atoms with E-state index in [0.717, 1.165) is 30.5 Å². The molecule has 5 nitrogen and oxygen atoms in total. The molecule has 6 heteroatoms. The van der Waals surface area contributed by atoms with Gasteiger partial charge in [-0.25, -0.2) is 13.1 Å². The Hall–Kier alpha value is -0.950. The Bertz CT molecular complexity index is 566. The molecule has 118 valence electrons. The molecule has 0 radical (unpaired) electrons. The predicted molar refractivity (Wildman–Crippen MR) is 83.6 cm³/mol. The average Bonchev–Trinajstić information content (AvgIpc) is 2.86. The molecule has 0 aliphatic carbocycles. The van der Waals surface area contributed by atoms with Crippen LogP contribution in [0.4, 0.5) is 0 Å². The summed E-state index contributed by atoms with van der Waals surface area (Å²) in [5.74, 6) is 0.0116. The fourth-order valence-electron chi connectivity index (χ4n) is 2.79. The molecule has 2 N–H and O–H groups in total. The van der Waals surface area contributed by atoms with E-state index in [0.29, 0.717) is 13.2 Å². The van der Waals surface area contributed by atoms with Crippen molar-refractivity contribution in [3.63, 3.8) is 0 Å². The third-order valence-electron chi connectivity index (χ3n) is 3.82. The molecule has 1 aromatic carbocycles. The first-order valence-corrected chi connectivity index (χ1v) is 8.87. The van der Waals surface area contributed by atoms with Crippen LogP contribution in [0.25, 0.3) is 0 Å². The van der Waals surface area contributed by atoms with Gasteiger partial charge in [-0.05, 0) is 31.9 Å². The molecule has 1 fully saturated rings. The molecule has 1 aliphatic rings. The van der Waals surface area contributed by atoms with Gasteiger partial charge in [-0.2, -0.15) is 0 Å². The van der Waals surface area contributed by atoms with Crippen LogP contribution >= 0.6 is 0 Å². The molecule has 1 saturated heterocycles. The number of ether oxygens (including phenoxy) is 1. The average molecular weight is 312 g/mol. The maximum Gasteiger partial charge on any atom is 0.215 e. The first kappa shape index (κ1) is 16.4. The smallest absolute Gasteiger partial charge is 0.215 e. The maximum absolute atomic E-state index is 12.2. The molecule has 0 amide bonds. The number of sulfonamides is 1. The van der Waals surface area contributed by atoms with Crippen LogP contribution < -0.4 is 10.0 Å². The van der Waals surface area contributed by atoms with Crippen molar-refractivity contribution in [2.45, 2.75) is 31.1 Å². The summed E-state index contributed by atoms with van der Waals surface area (Å²) in [6, 6.07) is 7.58. The molecule has 2 rings (SSSR count). The van der Waals surface area contributed by atoms with Crippen molar-refractivity contribution < 1.29 is 13.2 Å². The minimum atomic E-state index is -3.34. The number of aryl methyl sites for hydroxylation is 1. The van der Waals surface area contributed by atoms with Crippen LogP contribution in [0.15, 0.2) is 24.3 Å². The standard InChI is InChI=1S/C15H24N2O3S/c1-13-5-3-6-14(9-13)10-21(18,19)17-11-15(12-20-2)7-4-8-16-15/h3,5-6,9,16-17H,4,7-8,10-12H2,1-2H3.